The minimum absolute atomic E-state index is 0.180. The first-order valence-electron chi connectivity index (χ1n) is 6.82. The number of hydrogen-bond acceptors (Lipinski definition) is 4. The number of fused-ring (bicyclic) bond motifs is 1. The van der Waals surface area contributed by atoms with Gasteiger partial charge in [-0.15, -0.1) is 0 Å². The highest BCUT2D eigenvalue weighted by Crippen LogP contribution is 2.24. The summed E-state index contributed by atoms with van der Waals surface area (Å²) in [4.78, 5) is 17.9. The Hall–Kier alpha value is -2.14. The zero-order valence-electron chi connectivity index (χ0n) is 11.2. The van der Waals surface area contributed by atoms with Gasteiger partial charge in [0.15, 0.2) is 0 Å². The Morgan fingerprint density at radius 3 is 3.00 bits per heavy atom. The molecule has 2 heterocycles. The maximum Gasteiger partial charge on any atom is 0.234 e. The van der Waals surface area contributed by atoms with Crippen LogP contribution in [0.5, 0.6) is 0 Å². The van der Waals surface area contributed by atoms with Gasteiger partial charge in [-0.2, -0.15) is 0 Å². The standard InChI is InChI=1S/C15H18N4O/c16-14-11(8-10-4-1-2-5-12(10)18-14)9-19-7-3-6-13(19)15(17)20/h1-2,4-5,8,13H,3,6-7,9H2,(H2,16,18)(H2,17,20). The number of nitrogens with zero attached hydrogens (tertiary/aromatic N) is 2. The molecule has 0 aliphatic carbocycles. The van der Waals surface area contributed by atoms with Crippen LogP contribution in [0.1, 0.15) is 18.4 Å². The van der Waals surface area contributed by atoms with E-state index in [9.17, 15) is 4.79 Å². The van der Waals surface area contributed by atoms with Crippen molar-refractivity contribution in [2.45, 2.75) is 25.4 Å². The summed E-state index contributed by atoms with van der Waals surface area (Å²) in [6.07, 6.45) is 1.82. The molecule has 1 aromatic heterocycles. The molecule has 1 aliphatic heterocycles. The summed E-state index contributed by atoms with van der Waals surface area (Å²) in [5.74, 6) is 0.272. The molecule has 1 aliphatic rings. The number of primary amides is 1. The second kappa shape index (κ2) is 5.09. The van der Waals surface area contributed by atoms with Crippen LogP contribution in [0.25, 0.3) is 10.9 Å². The Kier molecular flexibility index (Phi) is 3.28. The lowest BCUT2D eigenvalue weighted by atomic mass is 10.1. The monoisotopic (exact) mass is 270 g/mol. The van der Waals surface area contributed by atoms with E-state index < -0.39 is 0 Å². The maximum atomic E-state index is 11.4. The van der Waals surface area contributed by atoms with E-state index in [1.54, 1.807) is 0 Å². The molecule has 0 radical (unpaired) electrons. The molecule has 1 aromatic carbocycles. The fourth-order valence-corrected chi connectivity index (χ4v) is 2.86. The predicted octanol–water partition coefficient (Wildman–Crippen LogP) is 1.27. The van der Waals surface area contributed by atoms with Crippen molar-refractivity contribution in [2.75, 3.05) is 12.3 Å². The highest BCUT2D eigenvalue weighted by molar-refractivity contribution is 5.82. The number of nitrogens with two attached hydrogens (primary N) is 2. The molecular formula is C15H18N4O. The quantitative estimate of drug-likeness (QED) is 0.879. The molecule has 1 unspecified atom stereocenters. The van der Waals surface area contributed by atoms with E-state index in [-0.39, 0.29) is 11.9 Å². The van der Waals surface area contributed by atoms with Crippen molar-refractivity contribution < 1.29 is 4.79 Å². The summed E-state index contributed by atoms with van der Waals surface area (Å²) in [6, 6.07) is 9.75. The van der Waals surface area contributed by atoms with Crippen LogP contribution < -0.4 is 11.5 Å². The molecule has 1 amide bonds. The zero-order chi connectivity index (χ0) is 14.1. The van der Waals surface area contributed by atoms with E-state index in [0.29, 0.717) is 12.4 Å². The third kappa shape index (κ3) is 2.32. The average Bonchev–Trinajstić information content (AvgIpc) is 2.88. The van der Waals surface area contributed by atoms with Gasteiger partial charge in [-0.25, -0.2) is 4.98 Å². The van der Waals surface area contributed by atoms with Gasteiger partial charge < -0.3 is 11.5 Å². The minimum Gasteiger partial charge on any atom is -0.383 e. The number of benzene rings is 1. The first-order valence-corrected chi connectivity index (χ1v) is 6.82. The molecule has 0 saturated carbocycles. The number of nitrogen functional groups attached to an aromatic ring is 1. The van der Waals surface area contributed by atoms with E-state index in [0.717, 1.165) is 35.9 Å². The number of para-hydroxylation sites is 1. The fraction of sp³-hybridized carbons (Fsp3) is 0.333. The normalized spacial score (nSPS) is 19.5. The Labute approximate surface area is 117 Å². The van der Waals surface area contributed by atoms with E-state index >= 15 is 0 Å². The summed E-state index contributed by atoms with van der Waals surface area (Å²) in [6.45, 7) is 1.50. The number of pyridine rings is 1. The van der Waals surface area contributed by atoms with Crippen molar-refractivity contribution in [3.8, 4) is 0 Å². The first-order chi connectivity index (χ1) is 9.65. The smallest absolute Gasteiger partial charge is 0.234 e. The highest BCUT2D eigenvalue weighted by atomic mass is 16.1. The number of carbonyl (C=O) groups excluding carboxylic acids is 1. The van der Waals surface area contributed by atoms with E-state index in [1.807, 2.05) is 30.3 Å². The van der Waals surface area contributed by atoms with Crippen molar-refractivity contribution in [3.63, 3.8) is 0 Å². The molecule has 3 rings (SSSR count). The summed E-state index contributed by atoms with van der Waals surface area (Å²) in [5, 5.41) is 1.06. The van der Waals surface area contributed by atoms with Crippen molar-refractivity contribution in [3.05, 3.63) is 35.9 Å². The van der Waals surface area contributed by atoms with Gasteiger partial charge in [0.2, 0.25) is 5.91 Å². The number of anilines is 1. The van der Waals surface area contributed by atoms with Crippen LogP contribution in [0.2, 0.25) is 0 Å². The SMILES string of the molecule is NC(=O)C1CCCN1Cc1cc2ccccc2nc1N. The molecule has 1 atom stereocenters. The van der Waals surface area contributed by atoms with Gasteiger partial charge in [-0.3, -0.25) is 9.69 Å². The Bertz CT molecular complexity index is 655. The van der Waals surface area contributed by atoms with Crippen molar-refractivity contribution in [1.29, 1.82) is 0 Å². The van der Waals surface area contributed by atoms with Crippen LogP contribution in [-0.2, 0) is 11.3 Å². The van der Waals surface area contributed by atoms with E-state index in [4.69, 9.17) is 11.5 Å². The van der Waals surface area contributed by atoms with Crippen LogP contribution in [0.4, 0.5) is 5.82 Å². The lowest BCUT2D eigenvalue weighted by Crippen LogP contribution is -2.39. The largest absolute Gasteiger partial charge is 0.383 e. The lowest BCUT2D eigenvalue weighted by molar-refractivity contribution is -0.122. The van der Waals surface area contributed by atoms with Crippen molar-refractivity contribution >= 4 is 22.6 Å². The molecule has 0 bridgehead atoms. The van der Waals surface area contributed by atoms with Gasteiger partial charge in [0.05, 0.1) is 11.6 Å². The van der Waals surface area contributed by atoms with Gasteiger partial charge in [-0.1, -0.05) is 18.2 Å². The summed E-state index contributed by atoms with van der Waals surface area (Å²) in [7, 11) is 0. The topological polar surface area (TPSA) is 85.2 Å². The second-order valence-electron chi connectivity index (χ2n) is 5.26. The van der Waals surface area contributed by atoms with Gasteiger partial charge in [0.1, 0.15) is 5.82 Å². The number of rotatable bonds is 3. The molecule has 5 heteroatoms. The molecule has 0 spiro atoms. The molecule has 1 saturated heterocycles. The molecule has 104 valence electrons. The lowest BCUT2D eigenvalue weighted by Gasteiger charge is -2.22. The summed E-state index contributed by atoms with van der Waals surface area (Å²) in [5.41, 5.74) is 13.3. The number of hydrogen-bond donors (Lipinski definition) is 2. The fourth-order valence-electron chi connectivity index (χ4n) is 2.86. The highest BCUT2D eigenvalue weighted by Gasteiger charge is 2.29. The number of aromatic nitrogens is 1. The number of likely N-dealkylation sites (tertiary alicyclic amines) is 1. The molecular weight excluding hydrogens is 252 g/mol. The Balaban J connectivity index is 1.90. The summed E-state index contributed by atoms with van der Waals surface area (Å²) < 4.78 is 0. The van der Waals surface area contributed by atoms with Gasteiger partial charge >= 0.3 is 0 Å². The second-order valence-corrected chi connectivity index (χ2v) is 5.26. The van der Waals surface area contributed by atoms with Crippen molar-refractivity contribution in [1.82, 2.24) is 9.88 Å². The molecule has 5 nitrogen and oxygen atoms in total. The van der Waals surface area contributed by atoms with Crippen LogP contribution >= 0.6 is 0 Å². The third-order valence-corrected chi connectivity index (χ3v) is 3.90. The van der Waals surface area contributed by atoms with Crippen molar-refractivity contribution in [2.24, 2.45) is 5.73 Å². The van der Waals surface area contributed by atoms with Gasteiger partial charge in [-0.05, 0) is 31.5 Å². The van der Waals surface area contributed by atoms with Crippen LogP contribution in [0.3, 0.4) is 0 Å². The summed E-state index contributed by atoms with van der Waals surface area (Å²) >= 11 is 0. The van der Waals surface area contributed by atoms with Gasteiger partial charge in [0, 0.05) is 17.5 Å². The van der Waals surface area contributed by atoms with Gasteiger partial charge in [0.25, 0.3) is 0 Å². The predicted molar refractivity (Wildman–Crippen MR) is 78.8 cm³/mol. The molecule has 4 N–H and O–H groups in total. The first kappa shape index (κ1) is 12.9. The Morgan fingerprint density at radius 2 is 2.20 bits per heavy atom. The average molecular weight is 270 g/mol. The molecule has 2 aromatic rings. The maximum absolute atomic E-state index is 11.4. The molecule has 1 fully saturated rings. The Morgan fingerprint density at radius 1 is 1.40 bits per heavy atom. The third-order valence-electron chi connectivity index (χ3n) is 3.90. The van der Waals surface area contributed by atoms with Crippen LogP contribution in [0, 0.1) is 0 Å². The van der Waals surface area contributed by atoms with E-state index in [2.05, 4.69) is 9.88 Å². The number of carbonyl (C=O) groups is 1. The number of amides is 1. The van der Waals surface area contributed by atoms with E-state index in [1.165, 1.54) is 0 Å². The zero-order valence-corrected chi connectivity index (χ0v) is 11.2. The molecule has 20 heavy (non-hydrogen) atoms. The minimum atomic E-state index is -0.255. The van der Waals surface area contributed by atoms with Crippen LogP contribution in [0.15, 0.2) is 30.3 Å². The van der Waals surface area contributed by atoms with Crippen LogP contribution in [-0.4, -0.2) is 28.4 Å².